The fourth-order valence-electron chi connectivity index (χ4n) is 2.74. The Morgan fingerprint density at radius 2 is 2.23 bits per heavy atom. The van der Waals surface area contributed by atoms with Crippen molar-refractivity contribution in [3.8, 4) is 6.07 Å². The Balaban J connectivity index is 1.52. The van der Waals surface area contributed by atoms with Gasteiger partial charge >= 0.3 is 0 Å². The maximum atomic E-state index is 13.5. The minimum absolute atomic E-state index is 0.0286. The van der Waals surface area contributed by atoms with Gasteiger partial charge in [0.25, 0.3) is 11.8 Å². The van der Waals surface area contributed by atoms with Gasteiger partial charge in [-0.3, -0.25) is 9.59 Å². The quantitative estimate of drug-likeness (QED) is 0.645. The fourth-order valence-corrected chi connectivity index (χ4v) is 4.57. The number of amides is 2. The molecule has 0 saturated carbocycles. The molecule has 2 heterocycles. The second-order valence-electron chi connectivity index (χ2n) is 6.40. The van der Waals surface area contributed by atoms with Gasteiger partial charge in [0.15, 0.2) is 0 Å². The number of thioether (sulfide) groups is 1. The summed E-state index contributed by atoms with van der Waals surface area (Å²) in [5.41, 5.74) is 0.0780. The molecule has 2 amide bonds. The predicted octanol–water partition coefficient (Wildman–Crippen LogP) is 3.72. The molecule has 2 aromatic rings. The number of rotatable bonds is 6. The summed E-state index contributed by atoms with van der Waals surface area (Å²) in [5.74, 6) is -4.64. The van der Waals surface area contributed by atoms with Crippen LogP contribution in [0.5, 0.6) is 0 Å². The van der Waals surface area contributed by atoms with Gasteiger partial charge in [0.1, 0.15) is 22.6 Å². The fraction of sp³-hybridized carbons (Fsp3) is 0.333. The van der Waals surface area contributed by atoms with Gasteiger partial charge in [-0.2, -0.15) is 5.26 Å². The van der Waals surface area contributed by atoms with Gasteiger partial charge in [-0.1, -0.05) is 11.6 Å². The molecule has 0 radical (unpaired) electrons. The van der Waals surface area contributed by atoms with E-state index in [-0.39, 0.29) is 10.7 Å². The van der Waals surface area contributed by atoms with Gasteiger partial charge in [0, 0.05) is 16.7 Å². The Morgan fingerprint density at radius 1 is 1.47 bits per heavy atom. The molecule has 158 valence electrons. The van der Waals surface area contributed by atoms with Gasteiger partial charge in [-0.25, -0.2) is 18.2 Å². The first kappa shape index (κ1) is 22.4. The zero-order valence-corrected chi connectivity index (χ0v) is 17.6. The molecule has 6 nitrogen and oxygen atoms in total. The molecule has 0 unspecified atom stereocenters. The van der Waals surface area contributed by atoms with Gasteiger partial charge < -0.3 is 10.2 Å². The summed E-state index contributed by atoms with van der Waals surface area (Å²) in [5, 5.41) is 13.4. The third kappa shape index (κ3) is 5.44. The van der Waals surface area contributed by atoms with E-state index in [1.165, 1.54) is 40.6 Å². The Labute approximate surface area is 183 Å². The van der Waals surface area contributed by atoms with Crippen molar-refractivity contribution in [3.63, 3.8) is 0 Å². The van der Waals surface area contributed by atoms with Crippen LogP contribution in [0.25, 0.3) is 0 Å². The number of nitrogens with zero attached hydrogens (tertiary/aromatic N) is 3. The van der Waals surface area contributed by atoms with Gasteiger partial charge in [-0.05, 0) is 18.2 Å². The molecule has 0 bridgehead atoms. The third-order valence-electron chi connectivity index (χ3n) is 4.18. The van der Waals surface area contributed by atoms with Crippen molar-refractivity contribution in [1.29, 1.82) is 5.26 Å². The molecule has 30 heavy (non-hydrogen) atoms. The van der Waals surface area contributed by atoms with Crippen LogP contribution < -0.4 is 5.32 Å². The summed E-state index contributed by atoms with van der Waals surface area (Å²) in [6.07, 6.45) is -0.714. The van der Waals surface area contributed by atoms with Crippen LogP contribution in [-0.2, 0) is 10.5 Å². The highest BCUT2D eigenvalue weighted by atomic mass is 35.5. The number of benzene rings is 1. The SMILES string of the molecule is N#C[C@@H]1CC(F)(F)CN1C(=O)CNC(=O)c1csc(CSc2ccc(Cl)c(F)c2)n1. The normalized spacial score (nSPS) is 17.6. The van der Waals surface area contributed by atoms with Crippen molar-refractivity contribution < 1.29 is 22.8 Å². The number of carbonyl (C=O) groups excluding carboxylic acids is 2. The average Bonchev–Trinajstić information content (AvgIpc) is 3.30. The maximum absolute atomic E-state index is 13.5. The Kier molecular flexibility index (Phi) is 6.90. The van der Waals surface area contributed by atoms with E-state index in [2.05, 4.69) is 10.3 Å². The lowest BCUT2D eigenvalue weighted by Gasteiger charge is -2.19. The summed E-state index contributed by atoms with van der Waals surface area (Å²) in [6, 6.07) is 4.87. The average molecular weight is 475 g/mol. The highest BCUT2D eigenvalue weighted by Crippen LogP contribution is 2.31. The first-order valence-electron chi connectivity index (χ1n) is 8.56. The van der Waals surface area contributed by atoms with Crippen LogP contribution in [0.3, 0.4) is 0 Å². The van der Waals surface area contributed by atoms with E-state index in [1.807, 2.05) is 0 Å². The van der Waals surface area contributed by atoms with E-state index in [4.69, 9.17) is 16.9 Å². The first-order valence-corrected chi connectivity index (χ1v) is 10.8. The summed E-state index contributed by atoms with van der Waals surface area (Å²) in [4.78, 5) is 29.9. The zero-order valence-electron chi connectivity index (χ0n) is 15.2. The highest BCUT2D eigenvalue weighted by molar-refractivity contribution is 7.98. The summed E-state index contributed by atoms with van der Waals surface area (Å²) < 4.78 is 40.3. The molecule has 1 N–H and O–H groups in total. The lowest BCUT2D eigenvalue weighted by Crippen LogP contribution is -2.43. The summed E-state index contributed by atoms with van der Waals surface area (Å²) >= 11 is 8.17. The smallest absolute Gasteiger partial charge is 0.271 e. The molecular weight excluding hydrogens is 461 g/mol. The topological polar surface area (TPSA) is 86.1 Å². The Bertz CT molecular complexity index is 1010. The van der Waals surface area contributed by atoms with Crippen molar-refractivity contribution in [2.45, 2.75) is 29.0 Å². The van der Waals surface area contributed by atoms with E-state index >= 15 is 0 Å². The van der Waals surface area contributed by atoms with Crippen molar-refractivity contribution >= 4 is 46.5 Å². The van der Waals surface area contributed by atoms with Crippen LogP contribution in [0.4, 0.5) is 13.2 Å². The molecule has 0 aliphatic carbocycles. The predicted molar refractivity (Wildman–Crippen MR) is 106 cm³/mol. The molecule has 12 heteroatoms. The van der Waals surface area contributed by atoms with Crippen LogP contribution >= 0.6 is 34.7 Å². The molecule has 1 atom stereocenters. The highest BCUT2D eigenvalue weighted by Gasteiger charge is 2.47. The van der Waals surface area contributed by atoms with Gasteiger partial charge in [0.2, 0.25) is 5.91 Å². The van der Waals surface area contributed by atoms with Crippen molar-refractivity contribution in [2.75, 3.05) is 13.1 Å². The minimum Gasteiger partial charge on any atom is -0.342 e. The second kappa shape index (κ2) is 9.24. The van der Waals surface area contributed by atoms with Crippen LogP contribution in [0.2, 0.25) is 5.02 Å². The number of carbonyl (C=O) groups is 2. The number of likely N-dealkylation sites (tertiary alicyclic amines) is 1. The van der Waals surface area contributed by atoms with Crippen molar-refractivity contribution in [2.24, 2.45) is 0 Å². The van der Waals surface area contributed by atoms with Crippen molar-refractivity contribution in [3.05, 3.63) is 45.1 Å². The lowest BCUT2D eigenvalue weighted by molar-refractivity contribution is -0.131. The number of hydrogen-bond acceptors (Lipinski definition) is 6. The molecule has 1 aromatic carbocycles. The second-order valence-corrected chi connectivity index (χ2v) is 8.80. The van der Waals surface area contributed by atoms with Crippen LogP contribution in [0.15, 0.2) is 28.5 Å². The minimum atomic E-state index is -3.12. The van der Waals surface area contributed by atoms with E-state index < -0.39 is 49.1 Å². The lowest BCUT2D eigenvalue weighted by atomic mass is 10.2. The molecule has 1 aromatic heterocycles. The number of thiazole rings is 1. The van der Waals surface area contributed by atoms with E-state index in [0.29, 0.717) is 15.7 Å². The van der Waals surface area contributed by atoms with Crippen LogP contribution in [0, 0.1) is 17.1 Å². The monoisotopic (exact) mass is 474 g/mol. The van der Waals surface area contributed by atoms with E-state index in [0.717, 1.165) is 4.90 Å². The van der Waals surface area contributed by atoms with Crippen molar-refractivity contribution in [1.82, 2.24) is 15.2 Å². The number of hydrogen-bond donors (Lipinski definition) is 1. The Hall–Kier alpha value is -2.29. The van der Waals surface area contributed by atoms with Crippen LogP contribution in [-0.4, -0.2) is 46.8 Å². The molecule has 0 spiro atoms. The summed E-state index contributed by atoms with van der Waals surface area (Å²) in [6.45, 7) is -1.36. The molecular formula is C18H14ClF3N4O2S2. The summed E-state index contributed by atoms with van der Waals surface area (Å²) in [7, 11) is 0. The third-order valence-corrected chi connectivity index (χ3v) is 6.52. The molecule has 1 saturated heterocycles. The first-order chi connectivity index (χ1) is 14.2. The number of aromatic nitrogens is 1. The van der Waals surface area contributed by atoms with E-state index in [1.54, 1.807) is 12.1 Å². The number of halogens is 4. The Morgan fingerprint density at radius 3 is 2.93 bits per heavy atom. The number of nitriles is 1. The van der Waals surface area contributed by atoms with Crippen LogP contribution in [0.1, 0.15) is 21.9 Å². The van der Waals surface area contributed by atoms with Gasteiger partial charge in [0.05, 0.1) is 29.9 Å². The molecule has 1 aliphatic rings. The zero-order chi connectivity index (χ0) is 21.9. The largest absolute Gasteiger partial charge is 0.342 e. The standard InChI is InChI=1S/C18H14ClF3N4O2S2/c19-12-2-1-11(3-13(12)20)29-8-15-25-14(7-30-15)17(28)24-6-16(27)26-9-18(21,22)4-10(26)5-23/h1-3,7,10H,4,6,8-9H2,(H,24,28)/t10-/m0/s1. The van der Waals surface area contributed by atoms with Gasteiger partial charge in [-0.15, -0.1) is 23.1 Å². The molecule has 3 rings (SSSR count). The number of alkyl halides is 2. The molecule has 1 aliphatic heterocycles. The molecule has 1 fully saturated rings. The number of nitrogens with one attached hydrogen (secondary N) is 1. The maximum Gasteiger partial charge on any atom is 0.271 e. The van der Waals surface area contributed by atoms with E-state index in [9.17, 15) is 22.8 Å².